The van der Waals surface area contributed by atoms with E-state index in [1.807, 2.05) is 84.4 Å². The monoisotopic (exact) mass is 299 g/mol. The molecular formula is C17H16ClN2O+. The van der Waals surface area contributed by atoms with E-state index in [0.29, 0.717) is 0 Å². The van der Waals surface area contributed by atoms with Crippen molar-refractivity contribution in [3.05, 3.63) is 65.8 Å². The van der Waals surface area contributed by atoms with Crippen LogP contribution in [0.15, 0.2) is 65.2 Å². The molecule has 0 spiro atoms. The number of rotatable bonds is 3. The van der Waals surface area contributed by atoms with Crippen molar-refractivity contribution >= 4 is 17.6 Å². The van der Waals surface area contributed by atoms with Gasteiger partial charge in [0.05, 0.1) is 14.1 Å². The summed E-state index contributed by atoms with van der Waals surface area (Å²) in [6.07, 6.45) is 1.99. The van der Waals surface area contributed by atoms with Crippen LogP contribution in [-0.4, -0.2) is 14.1 Å². The summed E-state index contributed by atoms with van der Waals surface area (Å²) < 4.78 is 8.02. The number of anilines is 1. The molecule has 106 valence electrons. The minimum Gasteiger partial charge on any atom is -0.387 e. The molecule has 0 saturated heterocycles. The third-order valence-corrected chi connectivity index (χ3v) is 3.45. The lowest BCUT2D eigenvalue weighted by Crippen LogP contribution is -2.34. The minimum atomic E-state index is 0.720. The first kappa shape index (κ1) is 13.7. The van der Waals surface area contributed by atoms with Crippen LogP contribution in [-0.2, 0) is 0 Å². The molecule has 0 fully saturated rings. The standard InChI is InChI=1S/C17H16ClN2O/c1-19(2)17-20(15-10-8-14(18)9-11-15)12-16(21-17)13-6-4-3-5-7-13/h3-12H,1-2H3/q+1. The largest absolute Gasteiger partial charge is 0.461 e. The summed E-state index contributed by atoms with van der Waals surface area (Å²) in [5.74, 6) is 0.828. The second-order valence-electron chi connectivity index (χ2n) is 4.98. The Morgan fingerprint density at radius 1 is 0.952 bits per heavy atom. The Bertz CT molecular complexity index is 733. The average Bonchev–Trinajstić information content (AvgIpc) is 2.94. The highest BCUT2D eigenvalue weighted by atomic mass is 35.5. The molecule has 0 bridgehead atoms. The molecule has 3 aromatic rings. The van der Waals surface area contributed by atoms with Gasteiger partial charge in [-0.1, -0.05) is 41.9 Å². The normalized spacial score (nSPS) is 10.6. The van der Waals surface area contributed by atoms with Gasteiger partial charge in [0.15, 0.2) is 5.76 Å². The average molecular weight is 300 g/mol. The fourth-order valence-corrected chi connectivity index (χ4v) is 2.30. The van der Waals surface area contributed by atoms with Crippen molar-refractivity contribution in [1.82, 2.24) is 0 Å². The zero-order valence-electron chi connectivity index (χ0n) is 12.0. The van der Waals surface area contributed by atoms with Gasteiger partial charge in [-0.2, -0.15) is 4.57 Å². The van der Waals surface area contributed by atoms with Crippen molar-refractivity contribution in [2.24, 2.45) is 0 Å². The second kappa shape index (κ2) is 5.62. The van der Waals surface area contributed by atoms with Gasteiger partial charge < -0.3 is 4.42 Å². The Balaban J connectivity index is 2.11. The number of hydrogen-bond acceptors (Lipinski definition) is 2. The van der Waals surface area contributed by atoms with Crippen molar-refractivity contribution < 1.29 is 8.98 Å². The summed E-state index contributed by atoms with van der Waals surface area (Å²) in [6, 6.07) is 18.5. The molecule has 2 aromatic carbocycles. The van der Waals surface area contributed by atoms with Gasteiger partial charge in [-0.3, -0.25) is 0 Å². The molecule has 1 aromatic heterocycles. The van der Waals surface area contributed by atoms with Crippen molar-refractivity contribution in [3.8, 4) is 17.0 Å². The maximum absolute atomic E-state index is 6.00. The first-order valence-corrected chi connectivity index (χ1v) is 7.07. The molecule has 3 nitrogen and oxygen atoms in total. The quantitative estimate of drug-likeness (QED) is 0.683. The van der Waals surface area contributed by atoms with Crippen LogP contribution in [0.3, 0.4) is 0 Å². The van der Waals surface area contributed by atoms with Gasteiger partial charge in [-0.05, 0) is 24.3 Å². The lowest BCUT2D eigenvalue weighted by atomic mass is 10.2. The Morgan fingerprint density at radius 3 is 2.24 bits per heavy atom. The fraction of sp³-hybridized carbons (Fsp3) is 0.118. The third kappa shape index (κ3) is 2.78. The van der Waals surface area contributed by atoms with Crippen LogP contribution in [0.1, 0.15) is 0 Å². The summed E-state index contributed by atoms with van der Waals surface area (Å²) in [7, 11) is 3.92. The molecular weight excluding hydrogens is 284 g/mol. The molecule has 21 heavy (non-hydrogen) atoms. The van der Waals surface area contributed by atoms with E-state index in [1.54, 1.807) is 0 Å². The van der Waals surface area contributed by atoms with E-state index < -0.39 is 0 Å². The van der Waals surface area contributed by atoms with E-state index in [1.165, 1.54) is 0 Å². The lowest BCUT2D eigenvalue weighted by molar-refractivity contribution is -0.584. The molecule has 1 heterocycles. The van der Waals surface area contributed by atoms with Gasteiger partial charge in [0, 0.05) is 10.6 Å². The van der Waals surface area contributed by atoms with Crippen LogP contribution in [0.25, 0.3) is 17.0 Å². The lowest BCUT2D eigenvalue weighted by Gasteiger charge is -2.03. The van der Waals surface area contributed by atoms with E-state index in [2.05, 4.69) is 0 Å². The van der Waals surface area contributed by atoms with Gasteiger partial charge in [-0.25, -0.2) is 4.90 Å². The summed E-state index contributed by atoms with van der Waals surface area (Å²) in [6.45, 7) is 0. The molecule has 0 aliphatic carbocycles. The van der Waals surface area contributed by atoms with Crippen LogP contribution in [0.4, 0.5) is 6.01 Å². The molecule has 0 N–H and O–H groups in total. The number of oxazole rings is 1. The highest BCUT2D eigenvalue weighted by Gasteiger charge is 2.22. The van der Waals surface area contributed by atoms with Crippen LogP contribution < -0.4 is 9.47 Å². The first-order valence-electron chi connectivity index (χ1n) is 6.69. The highest BCUT2D eigenvalue weighted by molar-refractivity contribution is 6.30. The maximum Gasteiger partial charge on any atom is 0.461 e. The smallest absolute Gasteiger partial charge is 0.387 e. The molecule has 0 radical (unpaired) electrons. The number of halogens is 1. The van der Waals surface area contributed by atoms with E-state index in [0.717, 1.165) is 28.0 Å². The molecule has 0 atom stereocenters. The molecule has 3 rings (SSSR count). The zero-order valence-corrected chi connectivity index (χ0v) is 12.7. The van der Waals surface area contributed by atoms with E-state index in [4.69, 9.17) is 16.0 Å². The number of nitrogens with zero attached hydrogens (tertiary/aromatic N) is 2. The Kier molecular flexibility index (Phi) is 3.67. The summed E-state index contributed by atoms with van der Waals surface area (Å²) in [5.41, 5.74) is 2.06. The van der Waals surface area contributed by atoms with Crippen molar-refractivity contribution in [2.75, 3.05) is 19.0 Å². The minimum absolute atomic E-state index is 0.720. The Labute approximate surface area is 129 Å². The predicted molar refractivity (Wildman–Crippen MR) is 85.0 cm³/mol. The van der Waals surface area contributed by atoms with Gasteiger partial charge >= 0.3 is 6.01 Å². The zero-order chi connectivity index (χ0) is 14.8. The molecule has 0 aliphatic rings. The molecule has 0 saturated carbocycles. The second-order valence-corrected chi connectivity index (χ2v) is 5.42. The fourth-order valence-electron chi connectivity index (χ4n) is 2.18. The topological polar surface area (TPSA) is 20.3 Å². The van der Waals surface area contributed by atoms with Crippen LogP contribution in [0.5, 0.6) is 0 Å². The molecule has 0 unspecified atom stereocenters. The van der Waals surface area contributed by atoms with E-state index >= 15 is 0 Å². The van der Waals surface area contributed by atoms with Crippen LogP contribution >= 0.6 is 11.6 Å². The van der Waals surface area contributed by atoms with Crippen molar-refractivity contribution in [1.29, 1.82) is 0 Å². The van der Waals surface area contributed by atoms with E-state index in [-0.39, 0.29) is 0 Å². The van der Waals surface area contributed by atoms with Gasteiger partial charge in [0.1, 0.15) is 11.9 Å². The van der Waals surface area contributed by atoms with Crippen molar-refractivity contribution in [3.63, 3.8) is 0 Å². The van der Waals surface area contributed by atoms with Crippen molar-refractivity contribution in [2.45, 2.75) is 0 Å². The number of hydrogen-bond donors (Lipinski definition) is 0. The SMILES string of the molecule is CN(C)c1oc(-c2ccccc2)c[n+]1-c1ccc(Cl)cc1. The van der Waals surface area contributed by atoms with Crippen LogP contribution in [0.2, 0.25) is 5.02 Å². The third-order valence-electron chi connectivity index (χ3n) is 3.20. The Morgan fingerprint density at radius 2 is 1.62 bits per heavy atom. The van der Waals surface area contributed by atoms with Crippen LogP contribution in [0, 0.1) is 0 Å². The highest BCUT2D eigenvalue weighted by Crippen LogP contribution is 2.24. The summed E-state index contributed by atoms with van der Waals surface area (Å²) in [5, 5.41) is 0.720. The van der Waals surface area contributed by atoms with Gasteiger partial charge in [0.2, 0.25) is 0 Å². The Hall–Kier alpha value is -2.26. The summed E-state index contributed by atoms with van der Waals surface area (Å²) in [4.78, 5) is 1.95. The van der Waals surface area contributed by atoms with E-state index in [9.17, 15) is 0 Å². The molecule has 4 heteroatoms. The molecule has 0 aliphatic heterocycles. The first-order chi connectivity index (χ1) is 10.1. The number of benzene rings is 2. The van der Waals surface area contributed by atoms with Gasteiger partial charge in [-0.15, -0.1) is 0 Å². The summed E-state index contributed by atoms with van der Waals surface area (Å²) >= 11 is 5.96. The number of aromatic nitrogens is 1. The molecule has 0 amide bonds. The van der Waals surface area contributed by atoms with Gasteiger partial charge in [0.25, 0.3) is 0 Å². The maximum atomic E-state index is 6.00. The predicted octanol–water partition coefficient (Wildman–Crippen LogP) is 3.94.